The van der Waals surface area contributed by atoms with Crippen LogP contribution in [0.1, 0.15) is 6.92 Å². The van der Waals surface area contributed by atoms with E-state index in [-0.39, 0.29) is 0 Å². The zero-order chi connectivity index (χ0) is 9.82. The number of carbonyl (C=O) groups is 1. The van der Waals surface area contributed by atoms with E-state index < -0.39 is 6.09 Å². The fourth-order valence-electron chi connectivity index (χ4n) is 0.254. The van der Waals surface area contributed by atoms with Gasteiger partial charge in [0.25, 0.3) is 0 Å². The SMILES string of the molecule is CCNC(=O)O.[N-]=[N+]=NCCN. The van der Waals surface area contributed by atoms with Crippen molar-refractivity contribution in [2.75, 3.05) is 19.6 Å². The molecule has 0 atom stereocenters. The van der Waals surface area contributed by atoms with Crippen molar-refractivity contribution >= 4 is 6.09 Å². The summed E-state index contributed by atoms with van der Waals surface area (Å²) >= 11 is 0. The zero-order valence-electron chi connectivity index (χ0n) is 6.90. The molecule has 0 radical (unpaired) electrons. The molecule has 0 rings (SSSR count). The summed E-state index contributed by atoms with van der Waals surface area (Å²) in [5.74, 6) is 0. The average Bonchev–Trinajstić information content (AvgIpc) is 2.02. The molecule has 0 unspecified atom stereocenters. The highest BCUT2D eigenvalue weighted by Gasteiger charge is 1.82. The second-order valence-corrected chi connectivity index (χ2v) is 1.58. The highest BCUT2D eigenvalue weighted by Crippen LogP contribution is 1.61. The first-order valence-corrected chi connectivity index (χ1v) is 3.36. The van der Waals surface area contributed by atoms with Gasteiger partial charge in [0.2, 0.25) is 0 Å². The fraction of sp³-hybridized carbons (Fsp3) is 0.800. The summed E-state index contributed by atoms with van der Waals surface area (Å²) < 4.78 is 0. The van der Waals surface area contributed by atoms with E-state index in [1.165, 1.54) is 0 Å². The van der Waals surface area contributed by atoms with Crippen molar-refractivity contribution in [1.82, 2.24) is 5.32 Å². The Morgan fingerprint density at radius 2 is 2.42 bits per heavy atom. The minimum Gasteiger partial charge on any atom is -0.465 e. The summed E-state index contributed by atoms with van der Waals surface area (Å²) in [6, 6.07) is 0. The van der Waals surface area contributed by atoms with Gasteiger partial charge in [0, 0.05) is 18.0 Å². The van der Waals surface area contributed by atoms with Crippen LogP contribution in [0.3, 0.4) is 0 Å². The summed E-state index contributed by atoms with van der Waals surface area (Å²) in [5, 5.41) is 13.1. The number of nitrogens with one attached hydrogen (secondary N) is 1. The Kier molecular flexibility index (Phi) is 13.4. The smallest absolute Gasteiger partial charge is 0.404 e. The first-order chi connectivity index (χ1) is 5.68. The fourth-order valence-corrected chi connectivity index (χ4v) is 0.254. The van der Waals surface area contributed by atoms with Crippen molar-refractivity contribution in [2.45, 2.75) is 6.92 Å². The number of nitrogens with two attached hydrogens (primary N) is 1. The highest BCUT2D eigenvalue weighted by molar-refractivity contribution is 5.64. The molecular formula is C5H13N5O2. The van der Waals surface area contributed by atoms with Crippen LogP contribution in [-0.4, -0.2) is 30.8 Å². The molecule has 0 saturated carbocycles. The van der Waals surface area contributed by atoms with Crippen LogP contribution in [0.4, 0.5) is 4.79 Å². The van der Waals surface area contributed by atoms with Gasteiger partial charge < -0.3 is 16.2 Å². The van der Waals surface area contributed by atoms with E-state index in [0.29, 0.717) is 19.6 Å². The molecule has 12 heavy (non-hydrogen) atoms. The monoisotopic (exact) mass is 175 g/mol. The zero-order valence-corrected chi connectivity index (χ0v) is 6.90. The maximum Gasteiger partial charge on any atom is 0.404 e. The van der Waals surface area contributed by atoms with E-state index in [0.717, 1.165) is 0 Å². The molecule has 0 aromatic carbocycles. The second kappa shape index (κ2) is 12.2. The van der Waals surface area contributed by atoms with Gasteiger partial charge in [-0.15, -0.1) is 0 Å². The van der Waals surface area contributed by atoms with Crippen molar-refractivity contribution in [1.29, 1.82) is 0 Å². The van der Waals surface area contributed by atoms with Gasteiger partial charge in [0.1, 0.15) is 0 Å². The van der Waals surface area contributed by atoms with Gasteiger partial charge in [0.15, 0.2) is 0 Å². The van der Waals surface area contributed by atoms with Crippen molar-refractivity contribution in [2.24, 2.45) is 10.8 Å². The Balaban J connectivity index is 0. The quantitative estimate of drug-likeness (QED) is 0.329. The Bertz CT molecular complexity index is 150. The molecule has 0 fully saturated rings. The molecule has 0 aromatic rings. The van der Waals surface area contributed by atoms with Gasteiger partial charge in [-0.3, -0.25) is 0 Å². The first kappa shape index (κ1) is 13.2. The summed E-state index contributed by atoms with van der Waals surface area (Å²) in [4.78, 5) is 12.0. The Labute approximate surface area is 70.2 Å². The van der Waals surface area contributed by atoms with Crippen LogP contribution in [0.5, 0.6) is 0 Å². The largest absolute Gasteiger partial charge is 0.465 e. The number of hydrogen-bond acceptors (Lipinski definition) is 3. The van der Waals surface area contributed by atoms with E-state index in [2.05, 4.69) is 15.3 Å². The minimum atomic E-state index is -0.961. The number of hydrogen-bond donors (Lipinski definition) is 3. The molecule has 7 heteroatoms. The van der Waals surface area contributed by atoms with Crippen molar-refractivity contribution in [3.8, 4) is 0 Å². The topological polar surface area (TPSA) is 124 Å². The molecule has 0 aliphatic carbocycles. The molecule has 1 amide bonds. The van der Waals surface area contributed by atoms with Crippen LogP contribution in [-0.2, 0) is 0 Å². The predicted molar refractivity (Wildman–Crippen MR) is 44.8 cm³/mol. The molecular weight excluding hydrogens is 162 g/mol. The van der Waals surface area contributed by atoms with Crippen LogP contribution in [0.15, 0.2) is 5.11 Å². The molecule has 0 saturated heterocycles. The maximum atomic E-state index is 9.49. The summed E-state index contributed by atoms with van der Waals surface area (Å²) in [6.45, 7) is 3.05. The number of nitrogens with zero attached hydrogens (tertiary/aromatic N) is 3. The Morgan fingerprint density at radius 3 is 2.50 bits per heavy atom. The van der Waals surface area contributed by atoms with Crippen molar-refractivity contribution in [3.63, 3.8) is 0 Å². The number of amides is 1. The lowest BCUT2D eigenvalue weighted by atomic mass is 10.7. The van der Waals surface area contributed by atoms with Crippen LogP contribution in [0.25, 0.3) is 10.4 Å². The number of rotatable bonds is 3. The van der Waals surface area contributed by atoms with Crippen LogP contribution >= 0.6 is 0 Å². The van der Waals surface area contributed by atoms with E-state index in [1.54, 1.807) is 6.92 Å². The van der Waals surface area contributed by atoms with Gasteiger partial charge in [0.05, 0.1) is 0 Å². The van der Waals surface area contributed by atoms with Gasteiger partial charge in [-0.25, -0.2) is 4.79 Å². The lowest BCUT2D eigenvalue weighted by molar-refractivity contribution is 0.195. The van der Waals surface area contributed by atoms with Gasteiger partial charge >= 0.3 is 6.09 Å². The molecule has 0 bridgehead atoms. The molecule has 70 valence electrons. The maximum absolute atomic E-state index is 9.49. The summed E-state index contributed by atoms with van der Waals surface area (Å²) in [5.41, 5.74) is 12.5. The molecule has 0 spiro atoms. The predicted octanol–water partition coefficient (Wildman–Crippen LogP) is 0.529. The molecule has 0 aromatic heterocycles. The van der Waals surface area contributed by atoms with Gasteiger partial charge in [-0.1, -0.05) is 5.11 Å². The average molecular weight is 175 g/mol. The molecule has 7 nitrogen and oxygen atoms in total. The standard InChI is InChI=1S/C3H7NO2.C2H6N4/c1-2-4-3(5)6;3-1-2-5-6-4/h4H,2H2,1H3,(H,5,6);1-3H2. The van der Waals surface area contributed by atoms with Crippen LogP contribution < -0.4 is 11.1 Å². The molecule has 0 heterocycles. The lowest BCUT2D eigenvalue weighted by Crippen LogP contribution is -2.19. The van der Waals surface area contributed by atoms with Gasteiger partial charge in [-0.05, 0) is 19.0 Å². The van der Waals surface area contributed by atoms with E-state index in [4.69, 9.17) is 16.4 Å². The summed E-state index contributed by atoms with van der Waals surface area (Å²) in [6.07, 6.45) is -0.961. The van der Waals surface area contributed by atoms with E-state index >= 15 is 0 Å². The van der Waals surface area contributed by atoms with E-state index in [9.17, 15) is 4.79 Å². The van der Waals surface area contributed by atoms with Gasteiger partial charge in [-0.2, -0.15) is 0 Å². The lowest BCUT2D eigenvalue weighted by Gasteiger charge is -1.87. The second-order valence-electron chi connectivity index (χ2n) is 1.58. The van der Waals surface area contributed by atoms with Crippen molar-refractivity contribution < 1.29 is 9.90 Å². The normalized spacial score (nSPS) is 7.17. The number of carboxylic acid groups (broad SMARTS) is 1. The first-order valence-electron chi connectivity index (χ1n) is 3.36. The Morgan fingerprint density at radius 1 is 1.83 bits per heavy atom. The third kappa shape index (κ3) is 23.6. The minimum absolute atomic E-state index is 0.399. The molecule has 0 aliphatic heterocycles. The molecule has 0 aliphatic rings. The van der Waals surface area contributed by atoms with Crippen molar-refractivity contribution in [3.05, 3.63) is 10.4 Å². The molecule has 4 N–H and O–H groups in total. The Hall–Kier alpha value is -1.46. The van der Waals surface area contributed by atoms with E-state index in [1.807, 2.05) is 0 Å². The third-order valence-corrected chi connectivity index (χ3v) is 0.620. The summed E-state index contributed by atoms with van der Waals surface area (Å²) in [7, 11) is 0. The van der Waals surface area contributed by atoms with Crippen LogP contribution in [0, 0.1) is 0 Å². The third-order valence-electron chi connectivity index (χ3n) is 0.620. The highest BCUT2D eigenvalue weighted by atomic mass is 16.4. The number of azide groups is 1. The van der Waals surface area contributed by atoms with Crippen LogP contribution in [0.2, 0.25) is 0 Å².